The van der Waals surface area contributed by atoms with Gasteiger partial charge in [-0.1, -0.05) is 54.6 Å². The lowest BCUT2D eigenvalue weighted by Crippen LogP contribution is -2.30. The molecule has 0 saturated carbocycles. The number of anilines is 1. The number of amides is 1. The first-order chi connectivity index (χ1) is 13.6. The summed E-state index contributed by atoms with van der Waals surface area (Å²) in [5.74, 6) is -1.03. The van der Waals surface area contributed by atoms with E-state index < -0.39 is 18.0 Å². The van der Waals surface area contributed by atoms with E-state index in [1.807, 2.05) is 66.7 Å². The third kappa shape index (κ3) is 3.69. The van der Waals surface area contributed by atoms with E-state index in [4.69, 9.17) is 4.74 Å². The predicted octanol–water partition coefficient (Wildman–Crippen LogP) is 4.57. The van der Waals surface area contributed by atoms with Crippen LogP contribution in [-0.2, 0) is 9.53 Å². The molecule has 1 N–H and O–H groups in total. The zero-order valence-electron chi connectivity index (χ0n) is 15.3. The quantitative estimate of drug-likeness (QED) is 0.534. The number of hydrogen-bond donors (Lipinski definition) is 1. The van der Waals surface area contributed by atoms with Crippen LogP contribution in [0.4, 0.5) is 5.69 Å². The Morgan fingerprint density at radius 3 is 2.36 bits per heavy atom. The largest absolute Gasteiger partial charge is 0.448 e. The van der Waals surface area contributed by atoms with Crippen molar-refractivity contribution >= 4 is 39.2 Å². The third-order valence-corrected chi connectivity index (χ3v) is 4.48. The van der Waals surface area contributed by atoms with Gasteiger partial charge in [-0.2, -0.15) is 0 Å². The van der Waals surface area contributed by atoms with Crippen molar-refractivity contribution in [3.8, 4) is 0 Å². The highest BCUT2D eigenvalue weighted by atomic mass is 16.5. The monoisotopic (exact) mass is 370 g/mol. The number of nitrogens with zero attached hydrogens (tertiary/aromatic N) is 1. The number of benzene rings is 3. The van der Waals surface area contributed by atoms with Crippen LogP contribution in [0.15, 0.2) is 78.9 Å². The zero-order chi connectivity index (χ0) is 19.5. The van der Waals surface area contributed by atoms with Gasteiger partial charge in [0.1, 0.15) is 5.69 Å². The molecule has 0 fully saturated rings. The van der Waals surface area contributed by atoms with Gasteiger partial charge in [-0.3, -0.25) is 4.79 Å². The Hall–Kier alpha value is -3.73. The molecule has 1 amide bonds. The fourth-order valence-electron chi connectivity index (χ4n) is 2.97. The second-order valence-electron chi connectivity index (χ2n) is 6.49. The van der Waals surface area contributed by atoms with E-state index in [1.165, 1.54) is 6.92 Å². The number of rotatable bonds is 4. The number of carbonyl (C=O) groups is 2. The van der Waals surface area contributed by atoms with Crippen LogP contribution in [0.25, 0.3) is 21.7 Å². The summed E-state index contributed by atoms with van der Waals surface area (Å²) in [5, 5.41) is 5.82. The average molecular weight is 370 g/mol. The molecule has 4 rings (SSSR count). The fourth-order valence-corrected chi connectivity index (χ4v) is 2.97. The maximum Gasteiger partial charge on any atom is 0.357 e. The van der Waals surface area contributed by atoms with Gasteiger partial charge in [0, 0.05) is 11.1 Å². The van der Waals surface area contributed by atoms with Gasteiger partial charge >= 0.3 is 5.97 Å². The van der Waals surface area contributed by atoms with Crippen molar-refractivity contribution < 1.29 is 14.3 Å². The molecule has 1 atom stereocenters. The number of para-hydroxylation sites is 1. The number of hydrogen-bond acceptors (Lipinski definition) is 4. The summed E-state index contributed by atoms with van der Waals surface area (Å²) >= 11 is 0. The molecule has 0 saturated heterocycles. The van der Waals surface area contributed by atoms with E-state index in [-0.39, 0.29) is 5.69 Å². The maximum absolute atomic E-state index is 12.4. The van der Waals surface area contributed by atoms with Crippen LogP contribution in [0, 0.1) is 0 Å². The lowest BCUT2D eigenvalue weighted by Gasteiger charge is -2.14. The highest BCUT2D eigenvalue weighted by Crippen LogP contribution is 2.19. The van der Waals surface area contributed by atoms with Crippen molar-refractivity contribution in [2.24, 2.45) is 0 Å². The Morgan fingerprint density at radius 1 is 0.857 bits per heavy atom. The minimum absolute atomic E-state index is 0.170. The van der Waals surface area contributed by atoms with Gasteiger partial charge in [0.15, 0.2) is 6.10 Å². The Labute approximate surface area is 162 Å². The molecule has 1 heterocycles. The van der Waals surface area contributed by atoms with Crippen molar-refractivity contribution in [1.29, 1.82) is 0 Å². The van der Waals surface area contributed by atoms with E-state index in [0.29, 0.717) is 11.2 Å². The number of esters is 1. The van der Waals surface area contributed by atoms with Gasteiger partial charge in [-0.15, -0.1) is 0 Å². The van der Waals surface area contributed by atoms with Gasteiger partial charge in [0.25, 0.3) is 5.91 Å². The van der Waals surface area contributed by atoms with E-state index >= 15 is 0 Å². The van der Waals surface area contributed by atoms with Crippen LogP contribution >= 0.6 is 0 Å². The topological polar surface area (TPSA) is 68.3 Å². The molecule has 3 aromatic carbocycles. The van der Waals surface area contributed by atoms with Crippen LogP contribution in [0.1, 0.15) is 17.4 Å². The molecule has 0 unspecified atom stereocenters. The van der Waals surface area contributed by atoms with Crippen molar-refractivity contribution in [1.82, 2.24) is 4.98 Å². The second-order valence-corrected chi connectivity index (χ2v) is 6.49. The lowest BCUT2D eigenvalue weighted by molar-refractivity contribution is -0.123. The maximum atomic E-state index is 12.4. The molecule has 0 aliphatic heterocycles. The number of aromatic nitrogens is 1. The Kier molecular flexibility index (Phi) is 4.72. The smallest absolute Gasteiger partial charge is 0.357 e. The molecule has 4 aromatic rings. The van der Waals surface area contributed by atoms with Gasteiger partial charge in [-0.25, -0.2) is 9.78 Å². The van der Waals surface area contributed by atoms with E-state index in [1.54, 1.807) is 12.1 Å². The molecule has 1 aromatic heterocycles. The van der Waals surface area contributed by atoms with Crippen molar-refractivity contribution in [2.45, 2.75) is 13.0 Å². The highest BCUT2D eigenvalue weighted by molar-refractivity contribution is 5.99. The summed E-state index contributed by atoms with van der Waals surface area (Å²) in [7, 11) is 0. The van der Waals surface area contributed by atoms with Crippen molar-refractivity contribution in [3.63, 3.8) is 0 Å². The number of pyridine rings is 1. The number of ether oxygens (including phenoxy) is 1. The molecule has 0 aliphatic carbocycles. The standard InChI is InChI=1S/C23H18N2O3/c1-15(22(26)24-19-12-10-16-6-2-3-8-18(16)14-19)28-23(27)21-13-11-17-7-4-5-9-20(17)25-21/h2-15H,1H3,(H,24,26)/t15-/m0/s1. The van der Waals surface area contributed by atoms with E-state index in [9.17, 15) is 9.59 Å². The summed E-state index contributed by atoms with van der Waals surface area (Å²) < 4.78 is 5.29. The van der Waals surface area contributed by atoms with Crippen LogP contribution < -0.4 is 5.32 Å². The molecule has 5 heteroatoms. The van der Waals surface area contributed by atoms with E-state index in [2.05, 4.69) is 10.3 Å². The second kappa shape index (κ2) is 7.48. The SMILES string of the molecule is C[C@H](OC(=O)c1ccc2ccccc2n1)C(=O)Nc1ccc2ccccc2c1. The molecule has 28 heavy (non-hydrogen) atoms. The van der Waals surface area contributed by atoms with Gasteiger partial charge in [0.2, 0.25) is 0 Å². The molecule has 0 bridgehead atoms. The molecule has 138 valence electrons. The summed E-state index contributed by atoms with van der Waals surface area (Å²) in [6, 6.07) is 24.4. The minimum Gasteiger partial charge on any atom is -0.448 e. The van der Waals surface area contributed by atoms with Crippen LogP contribution in [0.2, 0.25) is 0 Å². The number of nitrogens with one attached hydrogen (secondary N) is 1. The zero-order valence-corrected chi connectivity index (χ0v) is 15.3. The first kappa shape index (κ1) is 17.7. The van der Waals surface area contributed by atoms with Crippen LogP contribution in [0.5, 0.6) is 0 Å². The van der Waals surface area contributed by atoms with Gasteiger partial charge < -0.3 is 10.1 Å². The average Bonchev–Trinajstić information content (AvgIpc) is 2.73. The summed E-state index contributed by atoms with van der Waals surface area (Å²) in [5.41, 5.74) is 1.52. The first-order valence-electron chi connectivity index (χ1n) is 8.96. The number of carbonyl (C=O) groups excluding carboxylic acids is 2. The van der Waals surface area contributed by atoms with Crippen molar-refractivity contribution in [3.05, 3.63) is 84.6 Å². The first-order valence-corrected chi connectivity index (χ1v) is 8.96. The molecule has 0 radical (unpaired) electrons. The van der Waals surface area contributed by atoms with Gasteiger partial charge in [-0.05, 0) is 42.0 Å². The van der Waals surface area contributed by atoms with Crippen molar-refractivity contribution in [2.75, 3.05) is 5.32 Å². The molecule has 0 spiro atoms. The Bertz CT molecular complexity index is 1190. The molecule has 5 nitrogen and oxygen atoms in total. The summed E-state index contributed by atoms with van der Waals surface area (Å²) in [6.45, 7) is 1.54. The summed E-state index contributed by atoms with van der Waals surface area (Å²) in [6.07, 6.45) is -0.952. The predicted molar refractivity (Wildman–Crippen MR) is 109 cm³/mol. The highest BCUT2D eigenvalue weighted by Gasteiger charge is 2.20. The normalized spacial score (nSPS) is 11.9. The van der Waals surface area contributed by atoms with Gasteiger partial charge in [0.05, 0.1) is 5.52 Å². The van der Waals surface area contributed by atoms with Crippen LogP contribution in [0.3, 0.4) is 0 Å². The molecular weight excluding hydrogens is 352 g/mol. The molecule has 0 aliphatic rings. The molecular formula is C23H18N2O3. The third-order valence-electron chi connectivity index (χ3n) is 4.48. The minimum atomic E-state index is -0.952. The summed E-state index contributed by atoms with van der Waals surface area (Å²) in [4.78, 5) is 29.1. The fraction of sp³-hybridized carbons (Fsp3) is 0.0870. The lowest BCUT2D eigenvalue weighted by atomic mass is 10.1. The van der Waals surface area contributed by atoms with E-state index in [0.717, 1.165) is 16.2 Å². The Morgan fingerprint density at radius 2 is 1.54 bits per heavy atom. The van der Waals surface area contributed by atoms with Crippen LogP contribution in [-0.4, -0.2) is 23.0 Å². The number of fused-ring (bicyclic) bond motifs is 2. The Balaban J connectivity index is 1.44.